The number of hydrogen-bond acceptors (Lipinski definition) is 5. The summed E-state index contributed by atoms with van der Waals surface area (Å²) in [4.78, 5) is 6.69. The maximum Gasteiger partial charge on any atom is 0.180 e. The lowest BCUT2D eigenvalue weighted by Gasteiger charge is -2.31. The van der Waals surface area contributed by atoms with Crippen molar-refractivity contribution in [2.75, 3.05) is 19.7 Å². The monoisotopic (exact) mass is 262 g/mol. The maximum atomic E-state index is 5.75. The van der Waals surface area contributed by atoms with Crippen molar-refractivity contribution in [1.82, 2.24) is 20.1 Å². The molecule has 0 amide bonds. The minimum absolute atomic E-state index is 0.0501. The Morgan fingerprint density at radius 3 is 3.05 bits per heavy atom. The predicted octanol–water partition coefficient (Wildman–Crippen LogP) is 1.59. The van der Waals surface area contributed by atoms with Gasteiger partial charge in [0.2, 0.25) is 0 Å². The van der Waals surface area contributed by atoms with Gasteiger partial charge in [-0.1, -0.05) is 0 Å². The number of aromatic amines is 1. The summed E-state index contributed by atoms with van der Waals surface area (Å²) in [7, 11) is 0. The number of nitrogens with zero attached hydrogens (tertiary/aromatic N) is 3. The van der Waals surface area contributed by atoms with Crippen LogP contribution < -0.4 is 0 Å². The summed E-state index contributed by atoms with van der Waals surface area (Å²) in [5, 5.41) is 7.04. The molecule has 102 valence electrons. The molecule has 1 aliphatic heterocycles. The molecule has 0 spiro atoms. The van der Waals surface area contributed by atoms with Gasteiger partial charge in [-0.15, -0.1) is 0 Å². The molecule has 0 aliphatic carbocycles. The number of aromatic nitrogens is 3. The number of aryl methyl sites for hydroxylation is 2. The molecule has 0 bridgehead atoms. The highest BCUT2D eigenvalue weighted by molar-refractivity contribution is 5.15. The van der Waals surface area contributed by atoms with Crippen LogP contribution >= 0.6 is 0 Å². The predicted molar refractivity (Wildman–Crippen MR) is 68.5 cm³/mol. The molecule has 1 atom stereocenters. The van der Waals surface area contributed by atoms with Crippen molar-refractivity contribution in [3.8, 4) is 0 Å². The van der Waals surface area contributed by atoms with E-state index in [4.69, 9.17) is 9.15 Å². The van der Waals surface area contributed by atoms with Crippen molar-refractivity contribution < 1.29 is 9.15 Å². The summed E-state index contributed by atoms with van der Waals surface area (Å²) in [6, 6.07) is 2.02. The summed E-state index contributed by atoms with van der Waals surface area (Å²) in [5.74, 6) is 2.55. The molecule has 0 radical (unpaired) electrons. The fraction of sp³-hybridized carbons (Fsp3) is 0.538. The van der Waals surface area contributed by atoms with Crippen molar-refractivity contribution in [2.24, 2.45) is 0 Å². The normalized spacial score (nSPS) is 20.8. The first-order valence-electron chi connectivity index (χ1n) is 6.48. The Kier molecular flexibility index (Phi) is 3.35. The second kappa shape index (κ2) is 5.14. The largest absolute Gasteiger partial charge is 0.469 e. The van der Waals surface area contributed by atoms with Gasteiger partial charge in [-0.25, -0.2) is 4.98 Å². The van der Waals surface area contributed by atoms with Crippen LogP contribution in [0.2, 0.25) is 0 Å². The third-order valence-electron chi connectivity index (χ3n) is 3.41. The highest BCUT2D eigenvalue weighted by Crippen LogP contribution is 2.21. The molecule has 19 heavy (non-hydrogen) atoms. The lowest BCUT2D eigenvalue weighted by Crippen LogP contribution is -2.38. The number of nitrogens with one attached hydrogen (secondary N) is 1. The molecule has 6 nitrogen and oxygen atoms in total. The molecule has 2 aromatic heterocycles. The smallest absolute Gasteiger partial charge is 0.180 e. The fourth-order valence-corrected chi connectivity index (χ4v) is 2.32. The third-order valence-corrected chi connectivity index (χ3v) is 3.41. The maximum absolute atomic E-state index is 5.75. The Hall–Kier alpha value is -1.66. The van der Waals surface area contributed by atoms with E-state index < -0.39 is 0 Å². The molecule has 1 N–H and O–H groups in total. The van der Waals surface area contributed by atoms with E-state index in [9.17, 15) is 0 Å². The van der Waals surface area contributed by atoms with Gasteiger partial charge >= 0.3 is 0 Å². The summed E-state index contributed by atoms with van der Waals surface area (Å²) >= 11 is 0. The fourth-order valence-electron chi connectivity index (χ4n) is 2.32. The van der Waals surface area contributed by atoms with E-state index in [0.29, 0.717) is 6.61 Å². The first kappa shape index (κ1) is 12.4. The van der Waals surface area contributed by atoms with Crippen molar-refractivity contribution in [1.29, 1.82) is 0 Å². The molecule has 1 aliphatic rings. The van der Waals surface area contributed by atoms with Crippen LogP contribution in [-0.4, -0.2) is 39.8 Å². The van der Waals surface area contributed by atoms with E-state index in [1.165, 1.54) is 5.56 Å². The van der Waals surface area contributed by atoms with Gasteiger partial charge in [0.05, 0.1) is 12.9 Å². The van der Waals surface area contributed by atoms with E-state index in [2.05, 4.69) is 20.1 Å². The number of H-pyrrole nitrogens is 1. The zero-order chi connectivity index (χ0) is 13.2. The standard InChI is InChI=1S/C13H18N4O2/c1-9-11(3-5-18-9)7-17-4-6-19-12(8-17)13-14-10(2)15-16-13/h3,5,12H,4,6-8H2,1-2H3,(H,14,15,16). The number of furan rings is 1. The van der Waals surface area contributed by atoms with Crippen LogP contribution in [0.1, 0.15) is 29.1 Å². The van der Waals surface area contributed by atoms with Crippen LogP contribution in [0.15, 0.2) is 16.7 Å². The number of rotatable bonds is 3. The second-order valence-corrected chi connectivity index (χ2v) is 4.88. The van der Waals surface area contributed by atoms with Crippen LogP contribution in [0.25, 0.3) is 0 Å². The van der Waals surface area contributed by atoms with Gasteiger partial charge in [0.25, 0.3) is 0 Å². The van der Waals surface area contributed by atoms with E-state index >= 15 is 0 Å². The van der Waals surface area contributed by atoms with Gasteiger partial charge in [-0.2, -0.15) is 5.10 Å². The van der Waals surface area contributed by atoms with Gasteiger partial charge in [0.15, 0.2) is 5.82 Å². The van der Waals surface area contributed by atoms with Crippen LogP contribution in [0.5, 0.6) is 0 Å². The second-order valence-electron chi connectivity index (χ2n) is 4.88. The molecule has 0 aromatic carbocycles. The summed E-state index contributed by atoms with van der Waals surface area (Å²) in [5.41, 5.74) is 1.23. The van der Waals surface area contributed by atoms with Crippen molar-refractivity contribution >= 4 is 0 Å². The number of ether oxygens (including phenoxy) is 1. The van der Waals surface area contributed by atoms with E-state index in [1.54, 1.807) is 6.26 Å². The van der Waals surface area contributed by atoms with Crippen LogP contribution in [0.3, 0.4) is 0 Å². The average Bonchev–Trinajstić information content (AvgIpc) is 3.00. The Labute approximate surface area is 111 Å². The first-order valence-corrected chi connectivity index (χ1v) is 6.48. The Morgan fingerprint density at radius 2 is 2.37 bits per heavy atom. The average molecular weight is 262 g/mol. The van der Waals surface area contributed by atoms with Crippen molar-refractivity contribution in [2.45, 2.75) is 26.5 Å². The molecule has 3 heterocycles. The van der Waals surface area contributed by atoms with Gasteiger partial charge in [0.1, 0.15) is 17.7 Å². The topological polar surface area (TPSA) is 67.2 Å². The number of hydrogen-bond donors (Lipinski definition) is 1. The first-order chi connectivity index (χ1) is 9.22. The Balaban J connectivity index is 1.66. The third kappa shape index (κ3) is 2.69. The van der Waals surface area contributed by atoms with Gasteiger partial charge in [0, 0.05) is 25.2 Å². The van der Waals surface area contributed by atoms with Crippen LogP contribution in [-0.2, 0) is 11.3 Å². The quantitative estimate of drug-likeness (QED) is 0.909. The van der Waals surface area contributed by atoms with E-state index in [1.807, 2.05) is 19.9 Å². The van der Waals surface area contributed by atoms with Crippen LogP contribution in [0.4, 0.5) is 0 Å². The lowest BCUT2D eigenvalue weighted by atomic mass is 10.2. The minimum Gasteiger partial charge on any atom is -0.469 e. The highest BCUT2D eigenvalue weighted by atomic mass is 16.5. The summed E-state index contributed by atoms with van der Waals surface area (Å²) in [6.45, 7) is 7.20. The summed E-state index contributed by atoms with van der Waals surface area (Å²) < 4.78 is 11.1. The van der Waals surface area contributed by atoms with Crippen LogP contribution in [0, 0.1) is 13.8 Å². The lowest BCUT2D eigenvalue weighted by molar-refractivity contribution is -0.0371. The summed E-state index contributed by atoms with van der Waals surface area (Å²) in [6.07, 6.45) is 1.69. The zero-order valence-electron chi connectivity index (χ0n) is 11.2. The van der Waals surface area contributed by atoms with E-state index in [-0.39, 0.29) is 6.10 Å². The molecule has 1 saturated heterocycles. The molecular formula is C13H18N4O2. The van der Waals surface area contributed by atoms with Crippen molar-refractivity contribution in [3.05, 3.63) is 35.3 Å². The SMILES string of the molecule is Cc1nc(C2CN(Cc3ccoc3C)CCO2)n[nH]1. The molecule has 0 saturated carbocycles. The molecule has 6 heteroatoms. The van der Waals surface area contributed by atoms with E-state index in [0.717, 1.165) is 37.0 Å². The Morgan fingerprint density at radius 1 is 1.47 bits per heavy atom. The highest BCUT2D eigenvalue weighted by Gasteiger charge is 2.25. The number of morpholine rings is 1. The van der Waals surface area contributed by atoms with Crippen molar-refractivity contribution in [3.63, 3.8) is 0 Å². The minimum atomic E-state index is -0.0501. The molecule has 3 rings (SSSR count). The molecule has 1 fully saturated rings. The van der Waals surface area contributed by atoms with Gasteiger partial charge in [-0.05, 0) is 19.9 Å². The zero-order valence-corrected chi connectivity index (χ0v) is 11.2. The molecular weight excluding hydrogens is 244 g/mol. The molecule has 1 unspecified atom stereocenters. The van der Waals surface area contributed by atoms with Gasteiger partial charge in [-0.3, -0.25) is 10.00 Å². The van der Waals surface area contributed by atoms with Gasteiger partial charge < -0.3 is 9.15 Å². The molecule has 2 aromatic rings. The Bertz CT molecular complexity index is 548.